The minimum Gasteiger partial charge on any atom is -0.342 e. The molecule has 0 aromatic heterocycles. The molecule has 0 aliphatic heterocycles. The minimum absolute atomic E-state index is 0.120. The van der Waals surface area contributed by atoms with Gasteiger partial charge in [0, 0.05) is 11.2 Å². The average molecular weight is 326 g/mol. The number of hydrogen-bond acceptors (Lipinski definition) is 2. The summed E-state index contributed by atoms with van der Waals surface area (Å²) in [5, 5.41) is 5.89. The Morgan fingerprint density at radius 3 is 2.08 bits per heavy atom. The highest BCUT2D eigenvalue weighted by Gasteiger charge is 2.51. The molecule has 0 saturated heterocycles. The summed E-state index contributed by atoms with van der Waals surface area (Å²) in [6.07, 6.45) is 7.14. The van der Waals surface area contributed by atoms with Gasteiger partial charge in [0.15, 0.2) is 0 Å². The van der Waals surface area contributed by atoms with Gasteiger partial charge in [-0.25, -0.2) is 0 Å². The number of benzene rings is 1. The van der Waals surface area contributed by atoms with E-state index in [0.29, 0.717) is 5.69 Å². The molecule has 4 nitrogen and oxygen atoms in total. The van der Waals surface area contributed by atoms with E-state index in [1.807, 2.05) is 32.0 Å². The van der Waals surface area contributed by atoms with Gasteiger partial charge in [0.1, 0.15) is 0 Å². The molecule has 4 fully saturated rings. The summed E-state index contributed by atoms with van der Waals surface area (Å²) < 4.78 is 0. The van der Waals surface area contributed by atoms with Crippen molar-refractivity contribution < 1.29 is 9.59 Å². The summed E-state index contributed by atoms with van der Waals surface area (Å²) in [6, 6.07) is 5.81. The third kappa shape index (κ3) is 2.83. The zero-order chi connectivity index (χ0) is 16.9. The predicted molar refractivity (Wildman–Crippen MR) is 93.6 cm³/mol. The van der Waals surface area contributed by atoms with Crippen LogP contribution >= 0.6 is 0 Å². The van der Waals surface area contributed by atoms with Gasteiger partial charge >= 0.3 is 11.8 Å². The maximum absolute atomic E-state index is 12.5. The Balaban J connectivity index is 1.43. The SMILES string of the molecule is Cc1ccc(NC(=O)C(=O)NC23CC4CC(CC(C4)C2)C3)c(C)c1. The molecule has 0 heterocycles. The molecule has 0 atom stereocenters. The van der Waals surface area contributed by atoms with E-state index < -0.39 is 11.8 Å². The first-order valence-corrected chi connectivity index (χ1v) is 9.13. The van der Waals surface area contributed by atoms with E-state index in [9.17, 15) is 9.59 Å². The Bertz CT molecular complexity index is 660. The summed E-state index contributed by atoms with van der Waals surface area (Å²) >= 11 is 0. The van der Waals surface area contributed by atoms with Crippen LogP contribution in [0.4, 0.5) is 5.69 Å². The summed E-state index contributed by atoms with van der Waals surface area (Å²) in [5.74, 6) is 1.23. The van der Waals surface area contributed by atoms with Crippen LogP contribution in [-0.2, 0) is 9.59 Å². The fourth-order valence-corrected chi connectivity index (χ4v) is 5.69. The van der Waals surface area contributed by atoms with Crippen LogP contribution in [0.25, 0.3) is 0 Å². The standard InChI is InChI=1S/C20H26N2O2/c1-12-3-4-17(13(2)5-12)21-18(23)19(24)22-20-9-14-6-15(10-20)8-16(7-14)11-20/h3-5,14-16H,6-11H2,1-2H3,(H,21,23)(H,22,24). The molecule has 2 amide bonds. The highest BCUT2D eigenvalue weighted by molar-refractivity contribution is 6.39. The summed E-state index contributed by atoms with van der Waals surface area (Å²) in [4.78, 5) is 24.8. The summed E-state index contributed by atoms with van der Waals surface area (Å²) in [7, 11) is 0. The Labute approximate surface area is 143 Å². The third-order valence-electron chi connectivity index (χ3n) is 6.25. The number of carbonyl (C=O) groups is 2. The van der Waals surface area contributed by atoms with E-state index in [-0.39, 0.29) is 5.54 Å². The lowest BCUT2D eigenvalue weighted by Crippen LogP contribution is -2.61. The van der Waals surface area contributed by atoms with Crippen molar-refractivity contribution in [3.05, 3.63) is 29.3 Å². The normalized spacial score (nSPS) is 33.3. The Morgan fingerprint density at radius 1 is 0.958 bits per heavy atom. The molecule has 0 unspecified atom stereocenters. The van der Waals surface area contributed by atoms with Gasteiger partial charge in [-0.2, -0.15) is 0 Å². The topological polar surface area (TPSA) is 58.2 Å². The molecule has 0 radical (unpaired) electrons. The first-order valence-electron chi connectivity index (χ1n) is 9.13. The van der Waals surface area contributed by atoms with Crippen molar-refractivity contribution in [3.8, 4) is 0 Å². The molecular weight excluding hydrogens is 300 g/mol. The number of carbonyl (C=O) groups excluding carboxylic acids is 2. The van der Waals surface area contributed by atoms with Crippen molar-refractivity contribution in [2.75, 3.05) is 5.32 Å². The van der Waals surface area contributed by atoms with Crippen LogP contribution in [0.5, 0.6) is 0 Å². The number of amides is 2. The van der Waals surface area contributed by atoms with Crippen LogP contribution in [0.1, 0.15) is 49.7 Å². The molecule has 128 valence electrons. The second kappa shape index (κ2) is 5.61. The van der Waals surface area contributed by atoms with Gasteiger partial charge < -0.3 is 10.6 Å². The molecule has 4 heteroatoms. The highest BCUT2D eigenvalue weighted by Crippen LogP contribution is 2.55. The first-order chi connectivity index (χ1) is 11.4. The van der Waals surface area contributed by atoms with Crippen molar-refractivity contribution in [2.45, 2.75) is 57.9 Å². The molecule has 0 spiro atoms. The molecule has 1 aromatic carbocycles. The number of hydrogen-bond donors (Lipinski definition) is 2. The van der Waals surface area contributed by atoms with Gasteiger partial charge in [-0.3, -0.25) is 9.59 Å². The lowest BCUT2D eigenvalue weighted by molar-refractivity contribution is -0.139. The van der Waals surface area contributed by atoms with Crippen molar-refractivity contribution >= 4 is 17.5 Å². The number of rotatable bonds is 2. The van der Waals surface area contributed by atoms with Gasteiger partial charge in [-0.1, -0.05) is 17.7 Å². The van der Waals surface area contributed by atoms with Crippen LogP contribution in [0.2, 0.25) is 0 Å². The zero-order valence-corrected chi connectivity index (χ0v) is 14.5. The van der Waals surface area contributed by atoms with Gasteiger partial charge in [0.25, 0.3) is 0 Å². The Kier molecular flexibility index (Phi) is 3.66. The molecule has 1 aromatic rings. The van der Waals surface area contributed by atoms with E-state index in [1.54, 1.807) is 0 Å². The van der Waals surface area contributed by atoms with E-state index in [1.165, 1.54) is 19.3 Å². The molecular formula is C20H26N2O2. The van der Waals surface area contributed by atoms with E-state index in [0.717, 1.165) is 48.1 Å². The third-order valence-corrected chi connectivity index (χ3v) is 6.25. The lowest BCUT2D eigenvalue weighted by atomic mass is 9.53. The fraction of sp³-hybridized carbons (Fsp3) is 0.600. The highest BCUT2D eigenvalue weighted by atomic mass is 16.2. The molecule has 5 rings (SSSR count). The molecule has 4 aliphatic carbocycles. The second-order valence-corrected chi connectivity index (χ2v) is 8.42. The van der Waals surface area contributed by atoms with Crippen LogP contribution in [-0.4, -0.2) is 17.4 Å². The van der Waals surface area contributed by atoms with Gasteiger partial charge in [0.2, 0.25) is 0 Å². The van der Waals surface area contributed by atoms with Gasteiger partial charge in [-0.05, 0) is 81.8 Å². The van der Waals surface area contributed by atoms with Crippen molar-refractivity contribution in [3.63, 3.8) is 0 Å². The summed E-state index contributed by atoms with van der Waals surface area (Å²) in [6.45, 7) is 3.96. The molecule has 4 aliphatic rings. The Morgan fingerprint density at radius 2 is 1.54 bits per heavy atom. The Hall–Kier alpha value is -1.84. The van der Waals surface area contributed by atoms with Crippen LogP contribution < -0.4 is 10.6 Å². The smallest absolute Gasteiger partial charge is 0.313 e. The number of nitrogens with one attached hydrogen (secondary N) is 2. The zero-order valence-electron chi connectivity index (χ0n) is 14.5. The maximum atomic E-state index is 12.5. The van der Waals surface area contributed by atoms with E-state index in [2.05, 4.69) is 10.6 Å². The molecule has 24 heavy (non-hydrogen) atoms. The van der Waals surface area contributed by atoms with Crippen molar-refractivity contribution in [1.82, 2.24) is 5.32 Å². The quantitative estimate of drug-likeness (QED) is 0.819. The minimum atomic E-state index is -0.544. The molecule has 2 N–H and O–H groups in total. The van der Waals surface area contributed by atoms with Crippen molar-refractivity contribution in [1.29, 1.82) is 0 Å². The molecule has 4 saturated carbocycles. The largest absolute Gasteiger partial charge is 0.342 e. The first kappa shape index (κ1) is 15.7. The van der Waals surface area contributed by atoms with Crippen LogP contribution in [0, 0.1) is 31.6 Å². The number of aryl methyl sites for hydroxylation is 2. The molecule has 4 bridgehead atoms. The predicted octanol–water partition coefficient (Wildman–Crippen LogP) is 3.33. The second-order valence-electron chi connectivity index (χ2n) is 8.42. The van der Waals surface area contributed by atoms with E-state index in [4.69, 9.17) is 0 Å². The van der Waals surface area contributed by atoms with Crippen LogP contribution in [0.3, 0.4) is 0 Å². The monoisotopic (exact) mass is 326 g/mol. The number of anilines is 1. The average Bonchev–Trinajstić information content (AvgIpc) is 2.48. The van der Waals surface area contributed by atoms with Crippen LogP contribution in [0.15, 0.2) is 18.2 Å². The van der Waals surface area contributed by atoms with Crippen molar-refractivity contribution in [2.24, 2.45) is 17.8 Å². The maximum Gasteiger partial charge on any atom is 0.313 e. The fourth-order valence-electron chi connectivity index (χ4n) is 5.69. The van der Waals surface area contributed by atoms with E-state index >= 15 is 0 Å². The lowest BCUT2D eigenvalue weighted by Gasteiger charge is -2.56. The van der Waals surface area contributed by atoms with Gasteiger partial charge in [0.05, 0.1) is 0 Å². The van der Waals surface area contributed by atoms with Gasteiger partial charge in [-0.15, -0.1) is 0 Å². The summed E-state index contributed by atoms with van der Waals surface area (Å²) in [5.41, 5.74) is 2.71.